The lowest BCUT2D eigenvalue weighted by Crippen LogP contribution is -2.31. The molecule has 2 aliphatic rings. The number of nitrogens with zero attached hydrogens (tertiary/aromatic N) is 2. The van der Waals surface area contributed by atoms with E-state index in [1.165, 1.54) is 100 Å². The SMILES string of the molecule is Cc1ccc(N(c2ccc(CC3(Cc4ccc(N(c5ccc(C)cc5)c5ccc(C(C)(C)C)cc5)cc4)c4cc(Br)ccc4-c4ccc(-c5cc(C(C)(C)C)cc6c5-c5ccc(C(C)(C)C)cc5C6(C)C)cc43)cc2)c2ccc(C(C)(C)C)cc2)cc1. The Kier molecular flexibility index (Phi) is 15.0. The van der Waals surface area contributed by atoms with Crippen LogP contribution >= 0.6 is 15.9 Å². The van der Waals surface area contributed by atoms with Gasteiger partial charge in [0.15, 0.2) is 0 Å². The van der Waals surface area contributed by atoms with Gasteiger partial charge in [0.2, 0.25) is 0 Å². The summed E-state index contributed by atoms with van der Waals surface area (Å²) in [7, 11) is 0. The first-order valence-corrected chi connectivity index (χ1v) is 32.3. The monoisotopic (exact) mass is 1200 g/mol. The molecule has 12 rings (SSSR count). The molecule has 0 spiro atoms. The number of fused-ring (bicyclic) bond motifs is 6. The maximum absolute atomic E-state index is 4.05. The molecule has 0 saturated heterocycles. The van der Waals surface area contributed by atoms with Crippen LogP contribution in [0.3, 0.4) is 0 Å². The Morgan fingerprint density at radius 2 is 0.678 bits per heavy atom. The Morgan fingerprint density at radius 3 is 1.10 bits per heavy atom. The van der Waals surface area contributed by atoms with Crippen molar-refractivity contribution < 1.29 is 0 Å². The van der Waals surface area contributed by atoms with Gasteiger partial charge >= 0.3 is 0 Å². The number of hydrogen-bond donors (Lipinski definition) is 0. The van der Waals surface area contributed by atoms with Crippen molar-refractivity contribution in [3.05, 3.63) is 284 Å². The smallest absolute Gasteiger partial charge is 0.0461 e. The van der Waals surface area contributed by atoms with Gasteiger partial charge in [0, 0.05) is 49.4 Å². The molecule has 0 bridgehead atoms. The average Bonchev–Trinajstić information content (AvgIpc) is 1.57. The minimum Gasteiger partial charge on any atom is -0.311 e. The highest BCUT2D eigenvalue weighted by Gasteiger charge is 2.45. The Morgan fingerprint density at radius 1 is 0.322 bits per heavy atom. The van der Waals surface area contributed by atoms with Crippen LogP contribution in [0.2, 0.25) is 0 Å². The fourth-order valence-corrected chi connectivity index (χ4v) is 14.1. The predicted octanol–water partition coefficient (Wildman–Crippen LogP) is 23.9. The summed E-state index contributed by atoms with van der Waals surface area (Å²) in [4.78, 5) is 4.81. The largest absolute Gasteiger partial charge is 0.311 e. The van der Waals surface area contributed by atoms with E-state index in [0.717, 1.165) is 51.4 Å². The molecule has 2 aliphatic carbocycles. The Hall–Kier alpha value is -7.72. The number of halogens is 1. The third-order valence-corrected chi connectivity index (χ3v) is 19.6. The first kappa shape index (κ1) is 59.6. The summed E-state index contributed by atoms with van der Waals surface area (Å²) in [5, 5.41) is 0. The molecule has 0 saturated carbocycles. The quantitative estimate of drug-likeness (QED) is 0.127. The highest BCUT2D eigenvalue weighted by molar-refractivity contribution is 9.10. The minimum absolute atomic E-state index is 0.0327. The maximum atomic E-state index is 4.05. The fraction of sp³-hybridized carbons (Fsp3) is 0.286. The normalized spacial score (nSPS) is 14.1. The summed E-state index contributed by atoms with van der Waals surface area (Å²) in [6, 6.07) is 82.2. The second-order valence-electron chi connectivity index (χ2n) is 30.0. The first-order chi connectivity index (χ1) is 41.1. The lowest BCUT2D eigenvalue weighted by atomic mass is 9.69. The van der Waals surface area contributed by atoms with E-state index >= 15 is 0 Å². The van der Waals surface area contributed by atoms with Crippen LogP contribution in [0.5, 0.6) is 0 Å². The highest BCUT2D eigenvalue weighted by Crippen LogP contribution is 2.58. The van der Waals surface area contributed by atoms with Gasteiger partial charge in [0.25, 0.3) is 0 Å². The van der Waals surface area contributed by atoms with Crippen LogP contribution in [0.4, 0.5) is 34.1 Å². The third kappa shape index (κ3) is 11.2. The molecule has 440 valence electrons. The van der Waals surface area contributed by atoms with Crippen molar-refractivity contribution in [1.29, 1.82) is 0 Å². The summed E-state index contributed by atoms with van der Waals surface area (Å²) >= 11 is 4.05. The van der Waals surface area contributed by atoms with Gasteiger partial charge in [-0.15, -0.1) is 0 Å². The van der Waals surface area contributed by atoms with E-state index in [9.17, 15) is 0 Å². The zero-order chi connectivity index (χ0) is 61.8. The van der Waals surface area contributed by atoms with Crippen molar-refractivity contribution in [2.45, 2.75) is 156 Å². The van der Waals surface area contributed by atoms with E-state index in [0.29, 0.717) is 0 Å². The second-order valence-corrected chi connectivity index (χ2v) is 30.9. The maximum Gasteiger partial charge on any atom is 0.0461 e. The van der Waals surface area contributed by atoms with Gasteiger partial charge in [-0.2, -0.15) is 0 Å². The number of aryl methyl sites for hydroxylation is 2. The van der Waals surface area contributed by atoms with E-state index in [2.05, 4.69) is 349 Å². The molecule has 87 heavy (non-hydrogen) atoms. The first-order valence-electron chi connectivity index (χ1n) is 31.5. The van der Waals surface area contributed by atoms with Crippen molar-refractivity contribution in [3.63, 3.8) is 0 Å². The lowest BCUT2D eigenvalue weighted by Gasteiger charge is -2.34. The van der Waals surface area contributed by atoms with Gasteiger partial charge in [-0.25, -0.2) is 0 Å². The number of anilines is 6. The van der Waals surface area contributed by atoms with Gasteiger partial charge in [0.05, 0.1) is 0 Å². The molecule has 0 aliphatic heterocycles. The van der Waals surface area contributed by atoms with Gasteiger partial charge in [-0.3, -0.25) is 0 Å². The molecule has 0 amide bonds. The van der Waals surface area contributed by atoms with Crippen molar-refractivity contribution in [2.75, 3.05) is 9.80 Å². The van der Waals surface area contributed by atoms with Crippen molar-refractivity contribution >= 4 is 50.1 Å². The Labute approximate surface area is 529 Å². The molecular formula is C84H87BrN2. The minimum atomic E-state index is -0.462. The van der Waals surface area contributed by atoms with Gasteiger partial charge < -0.3 is 9.80 Å². The lowest BCUT2D eigenvalue weighted by molar-refractivity contribution is 0.520. The van der Waals surface area contributed by atoms with Crippen molar-refractivity contribution in [2.24, 2.45) is 0 Å². The van der Waals surface area contributed by atoms with Crippen LogP contribution in [0, 0.1) is 13.8 Å². The third-order valence-electron chi connectivity index (χ3n) is 19.1. The number of benzene rings is 10. The van der Waals surface area contributed by atoms with Crippen LogP contribution in [0.1, 0.15) is 164 Å². The summed E-state index contributed by atoms with van der Waals surface area (Å²) in [6.45, 7) is 37.1. The highest BCUT2D eigenvalue weighted by atomic mass is 79.9. The molecule has 0 radical (unpaired) electrons. The summed E-state index contributed by atoms with van der Waals surface area (Å²) in [6.07, 6.45) is 1.59. The molecule has 0 aromatic heterocycles. The van der Waals surface area contributed by atoms with Crippen LogP contribution in [-0.4, -0.2) is 0 Å². The average molecular weight is 1200 g/mol. The standard InChI is InChI=1S/C84H87BrN2/c1-54-17-32-64(33-18-54)86(68-40-26-59(27-41-68)79(3,4)5)66-36-21-56(22-37-66)52-84(53-57-23-38-67(39-24-57)87(65-34-19-55(2)20-35-65)69-42-28-60(29-43-69)80(6,7)8)75-47-58(25-44-70(75)71-46-31-63(85)51-76(71)84)73-48-62(82(12,13)14)50-77-78(73)72-45-30-61(81(9,10)11)49-74(72)83(77,15)16/h17-51H,52-53H2,1-16H3. The summed E-state index contributed by atoms with van der Waals surface area (Å²) < 4.78 is 1.09. The molecule has 10 aromatic carbocycles. The van der Waals surface area contributed by atoms with Gasteiger partial charge in [-0.05, 0) is 234 Å². The van der Waals surface area contributed by atoms with Gasteiger partial charge in [-0.1, -0.05) is 239 Å². The molecule has 0 atom stereocenters. The molecule has 0 N–H and O–H groups in total. The Bertz CT molecular complexity index is 4040. The number of rotatable bonds is 11. The predicted molar refractivity (Wildman–Crippen MR) is 377 cm³/mol. The van der Waals surface area contributed by atoms with E-state index in [1.807, 2.05) is 0 Å². The molecule has 10 aromatic rings. The summed E-state index contributed by atoms with van der Waals surface area (Å²) in [5.41, 5.74) is 30.2. The van der Waals surface area contributed by atoms with Crippen LogP contribution in [0.25, 0.3) is 33.4 Å². The fourth-order valence-electron chi connectivity index (χ4n) is 13.8. The van der Waals surface area contributed by atoms with E-state index in [1.54, 1.807) is 0 Å². The molecule has 3 heteroatoms. The van der Waals surface area contributed by atoms with Crippen molar-refractivity contribution in [3.8, 4) is 33.4 Å². The topological polar surface area (TPSA) is 6.48 Å². The van der Waals surface area contributed by atoms with Crippen LogP contribution in [0.15, 0.2) is 217 Å². The van der Waals surface area contributed by atoms with Gasteiger partial charge in [0.1, 0.15) is 0 Å². The molecule has 2 nitrogen and oxygen atoms in total. The molecular weight excluding hydrogens is 1120 g/mol. The molecule has 0 unspecified atom stereocenters. The summed E-state index contributed by atoms with van der Waals surface area (Å²) in [5.74, 6) is 0. The van der Waals surface area contributed by atoms with Crippen LogP contribution < -0.4 is 9.80 Å². The van der Waals surface area contributed by atoms with Crippen LogP contribution in [-0.2, 0) is 45.3 Å². The molecule has 0 heterocycles. The Balaban J connectivity index is 1.04. The second kappa shape index (κ2) is 21.8. The van der Waals surface area contributed by atoms with E-state index in [-0.39, 0.29) is 27.1 Å². The van der Waals surface area contributed by atoms with Crippen molar-refractivity contribution in [1.82, 2.24) is 0 Å². The molecule has 0 fully saturated rings. The number of hydrogen-bond acceptors (Lipinski definition) is 2. The zero-order valence-corrected chi connectivity index (χ0v) is 56.0. The zero-order valence-electron chi connectivity index (χ0n) is 54.4. The van der Waals surface area contributed by atoms with E-state index in [4.69, 9.17) is 0 Å². The van der Waals surface area contributed by atoms with E-state index < -0.39 is 5.41 Å².